The average Bonchev–Trinajstić information content (AvgIpc) is 2.91. The van der Waals surface area contributed by atoms with Gasteiger partial charge in [-0.25, -0.2) is 0 Å². The molecule has 0 saturated heterocycles. The normalized spacial score (nSPS) is 33.8. The van der Waals surface area contributed by atoms with Gasteiger partial charge < -0.3 is 0 Å². The number of hydrogen-bond donors (Lipinski definition) is 2. The third-order valence-corrected chi connectivity index (χ3v) is 4.68. The lowest BCUT2D eigenvalue weighted by Gasteiger charge is -2.23. The lowest BCUT2D eigenvalue weighted by molar-refractivity contribution is 0.313. The molecule has 0 bridgehead atoms. The van der Waals surface area contributed by atoms with Gasteiger partial charge in [0.1, 0.15) is 0 Å². The van der Waals surface area contributed by atoms with Crippen LogP contribution in [0, 0.1) is 17.8 Å². The van der Waals surface area contributed by atoms with E-state index in [1.54, 1.807) is 0 Å². The molecule has 0 spiro atoms. The Morgan fingerprint density at radius 1 is 1.06 bits per heavy atom. The van der Waals surface area contributed by atoms with E-state index in [0.29, 0.717) is 6.04 Å². The first-order valence-corrected chi connectivity index (χ1v) is 7.31. The topological polar surface area (TPSA) is 38.0 Å². The Kier molecular flexibility index (Phi) is 4.66. The van der Waals surface area contributed by atoms with Gasteiger partial charge in [-0.05, 0) is 43.4 Å². The van der Waals surface area contributed by atoms with E-state index in [2.05, 4.69) is 12.3 Å². The summed E-state index contributed by atoms with van der Waals surface area (Å²) < 4.78 is 0. The van der Waals surface area contributed by atoms with E-state index in [1.165, 1.54) is 57.8 Å². The number of rotatable bonds is 8. The minimum atomic E-state index is 0.606. The maximum atomic E-state index is 5.70. The molecule has 2 nitrogen and oxygen atoms in total. The first-order chi connectivity index (χ1) is 7.85. The molecule has 0 radical (unpaired) electrons. The molecule has 2 heteroatoms. The van der Waals surface area contributed by atoms with Crippen LogP contribution in [-0.2, 0) is 0 Å². The molecule has 94 valence electrons. The van der Waals surface area contributed by atoms with Gasteiger partial charge in [-0.2, -0.15) is 0 Å². The van der Waals surface area contributed by atoms with Crippen LogP contribution in [0.2, 0.25) is 0 Å². The van der Waals surface area contributed by atoms with E-state index in [0.717, 1.165) is 17.8 Å². The van der Waals surface area contributed by atoms with Crippen LogP contribution in [-0.4, -0.2) is 6.04 Å². The zero-order chi connectivity index (χ0) is 11.4. The summed E-state index contributed by atoms with van der Waals surface area (Å²) >= 11 is 0. The summed E-state index contributed by atoms with van der Waals surface area (Å²) in [6.45, 7) is 2.27. The highest BCUT2D eigenvalue weighted by atomic mass is 15.2. The molecule has 0 aromatic heterocycles. The smallest absolute Gasteiger partial charge is 0.0239 e. The Bertz CT molecular complexity index is 195. The van der Waals surface area contributed by atoms with Gasteiger partial charge in [0.2, 0.25) is 0 Å². The standard InChI is InChI=1S/C14H28N2/c1-2-3-4-5-6-7-14(16-15)13-9-11-8-12(11)10-13/h11-14,16H,2-10,15H2,1H3. The number of nitrogens with one attached hydrogen (secondary N) is 1. The van der Waals surface area contributed by atoms with Crippen LogP contribution < -0.4 is 11.3 Å². The fraction of sp³-hybridized carbons (Fsp3) is 1.00. The molecule has 16 heavy (non-hydrogen) atoms. The van der Waals surface area contributed by atoms with Crippen LogP contribution in [0.15, 0.2) is 0 Å². The Balaban J connectivity index is 1.58. The minimum absolute atomic E-state index is 0.606. The van der Waals surface area contributed by atoms with Gasteiger partial charge in [-0.15, -0.1) is 0 Å². The maximum absolute atomic E-state index is 5.70. The number of hydrazine groups is 1. The second kappa shape index (κ2) is 6.02. The number of unbranched alkanes of at least 4 members (excludes halogenated alkanes) is 4. The molecule has 0 amide bonds. The predicted molar refractivity (Wildman–Crippen MR) is 68.8 cm³/mol. The summed E-state index contributed by atoms with van der Waals surface area (Å²) in [4.78, 5) is 0. The monoisotopic (exact) mass is 224 g/mol. The van der Waals surface area contributed by atoms with E-state index in [9.17, 15) is 0 Å². The maximum Gasteiger partial charge on any atom is 0.0239 e. The second-order valence-corrected chi connectivity index (χ2v) is 5.96. The van der Waals surface area contributed by atoms with Crippen molar-refractivity contribution in [1.29, 1.82) is 0 Å². The molecular formula is C14H28N2. The van der Waals surface area contributed by atoms with Gasteiger partial charge >= 0.3 is 0 Å². The zero-order valence-electron chi connectivity index (χ0n) is 10.8. The van der Waals surface area contributed by atoms with Crippen LogP contribution in [0.5, 0.6) is 0 Å². The number of nitrogens with two attached hydrogens (primary N) is 1. The van der Waals surface area contributed by atoms with Crippen molar-refractivity contribution < 1.29 is 0 Å². The summed E-state index contributed by atoms with van der Waals surface area (Å²) in [5, 5.41) is 0. The molecule has 2 fully saturated rings. The minimum Gasteiger partial charge on any atom is -0.271 e. The van der Waals surface area contributed by atoms with Crippen molar-refractivity contribution in [2.24, 2.45) is 23.6 Å². The van der Waals surface area contributed by atoms with Gasteiger partial charge in [-0.1, -0.05) is 39.0 Å². The van der Waals surface area contributed by atoms with Gasteiger partial charge in [0.15, 0.2) is 0 Å². The lowest BCUT2D eigenvalue weighted by Crippen LogP contribution is -2.40. The van der Waals surface area contributed by atoms with Crippen LogP contribution in [0.1, 0.15) is 64.7 Å². The quantitative estimate of drug-likeness (QED) is 0.377. The van der Waals surface area contributed by atoms with E-state index >= 15 is 0 Å². The molecule has 0 aliphatic heterocycles. The van der Waals surface area contributed by atoms with Crippen LogP contribution in [0.25, 0.3) is 0 Å². The number of hydrogen-bond acceptors (Lipinski definition) is 2. The van der Waals surface area contributed by atoms with E-state index in [4.69, 9.17) is 5.84 Å². The Morgan fingerprint density at radius 2 is 1.75 bits per heavy atom. The fourth-order valence-corrected chi connectivity index (χ4v) is 3.51. The highest BCUT2D eigenvalue weighted by Crippen LogP contribution is 2.55. The third-order valence-electron chi connectivity index (χ3n) is 4.68. The molecular weight excluding hydrogens is 196 g/mol. The largest absolute Gasteiger partial charge is 0.271 e. The van der Waals surface area contributed by atoms with Gasteiger partial charge in [-0.3, -0.25) is 11.3 Å². The summed E-state index contributed by atoms with van der Waals surface area (Å²) in [6, 6.07) is 0.606. The molecule has 2 rings (SSSR count). The highest BCUT2D eigenvalue weighted by Gasteiger charge is 2.47. The van der Waals surface area contributed by atoms with Crippen LogP contribution in [0.3, 0.4) is 0 Å². The van der Waals surface area contributed by atoms with Crippen molar-refractivity contribution >= 4 is 0 Å². The van der Waals surface area contributed by atoms with Crippen molar-refractivity contribution in [3.05, 3.63) is 0 Å². The lowest BCUT2D eigenvalue weighted by atomic mass is 9.91. The predicted octanol–water partition coefficient (Wildman–Crippen LogP) is 3.22. The molecule has 2 aliphatic carbocycles. The Labute approximate surface area is 100 Å². The molecule has 0 aromatic carbocycles. The Morgan fingerprint density at radius 3 is 2.38 bits per heavy atom. The SMILES string of the molecule is CCCCCCCC(NN)C1CC2CC2C1. The van der Waals surface area contributed by atoms with Crippen molar-refractivity contribution in [2.45, 2.75) is 70.8 Å². The van der Waals surface area contributed by atoms with Gasteiger partial charge in [0.25, 0.3) is 0 Å². The zero-order valence-corrected chi connectivity index (χ0v) is 10.8. The van der Waals surface area contributed by atoms with Gasteiger partial charge in [0.05, 0.1) is 0 Å². The summed E-state index contributed by atoms with van der Waals surface area (Å²) in [6.07, 6.45) is 12.6. The summed E-state index contributed by atoms with van der Waals surface area (Å²) in [5.41, 5.74) is 3.08. The molecule has 3 unspecified atom stereocenters. The molecule has 0 heterocycles. The van der Waals surface area contributed by atoms with Crippen LogP contribution in [0.4, 0.5) is 0 Å². The van der Waals surface area contributed by atoms with Gasteiger partial charge in [0, 0.05) is 6.04 Å². The molecule has 3 N–H and O–H groups in total. The van der Waals surface area contributed by atoms with E-state index in [1.807, 2.05) is 0 Å². The van der Waals surface area contributed by atoms with Crippen molar-refractivity contribution in [3.8, 4) is 0 Å². The van der Waals surface area contributed by atoms with E-state index in [-0.39, 0.29) is 0 Å². The fourth-order valence-electron chi connectivity index (χ4n) is 3.51. The first kappa shape index (κ1) is 12.4. The average molecular weight is 224 g/mol. The third kappa shape index (κ3) is 3.21. The molecule has 3 atom stereocenters. The Hall–Kier alpha value is -0.0800. The van der Waals surface area contributed by atoms with Crippen molar-refractivity contribution in [1.82, 2.24) is 5.43 Å². The molecule has 0 aromatic rings. The second-order valence-electron chi connectivity index (χ2n) is 5.96. The van der Waals surface area contributed by atoms with Crippen LogP contribution >= 0.6 is 0 Å². The summed E-state index contributed by atoms with van der Waals surface area (Å²) in [7, 11) is 0. The van der Waals surface area contributed by atoms with Crippen molar-refractivity contribution in [3.63, 3.8) is 0 Å². The molecule has 2 aliphatic rings. The number of fused-ring (bicyclic) bond motifs is 1. The van der Waals surface area contributed by atoms with Crippen molar-refractivity contribution in [2.75, 3.05) is 0 Å². The highest BCUT2D eigenvalue weighted by molar-refractivity contribution is 4.98. The first-order valence-electron chi connectivity index (χ1n) is 7.31. The molecule has 2 saturated carbocycles. The van der Waals surface area contributed by atoms with E-state index < -0.39 is 0 Å². The summed E-state index contributed by atoms with van der Waals surface area (Å²) in [5.74, 6) is 8.76.